The van der Waals surface area contributed by atoms with Crippen molar-refractivity contribution in [1.82, 2.24) is 20.3 Å². The molecule has 0 spiro atoms. The number of carboxylic acids is 1. The number of carboxylic acid groups (broad SMARTS) is 1. The lowest BCUT2D eigenvalue weighted by atomic mass is 9.95. The summed E-state index contributed by atoms with van der Waals surface area (Å²) >= 11 is 1.30. The Hall–Kier alpha value is -2.89. The summed E-state index contributed by atoms with van der Waals surface area (Å²) in [6, 6.07) is 0. The maximum Gasteiger partial charge on any atom is 0.318 e. The molecule has 11 heteroatoms. The quantitative estimate of drug-likeness (QED) is 0.509. The van der Waals surface area contributed by atoms with Gasteiger partial charge in [-0.2, -0.15) is 5.06 Å². The Morgan fingerprint density at radius 3 is 2.87 bits per heavy atom. The van der Waals surface area contributed by atoms with Crippen LogP contribution in [0.25, 0.3) is 0 Å². The van der Waals surface area contributed by atoms with Gasteiger partial charge in [0, 0.05) is 57.0 Å². The fraction of sp³-hybridized carbons (Fsp3) is 0.368. The number of rotatable bonds is 6. The number of hydrogen-bond acceptors (Lipinski definition) is 9. The number of aliphatic carboxylic acids is 1. The monoisotopic (exact) mass is 435 g/mol. The highest BCUT2D eigenvalue weighted by Gasteiger charge is 2.33. The summed E-state index contributed by atoms with van der Waals surface area (Å²) in [4.78, 5) is 39.8. The molecule has 1 saturated heterocycles. The van der Waals surface area contributed by atoms with Crippen LogP contribution in [0.1, 0.15) is 5.01 Å². The summed E-state index contributed by atoms with van der Waals surface area (Å²) in [6.45, 7) is 0.887. The summed E-state index contributed by atoms with van der Waals surface area (Å²) in [5, 5.41) is 16.1. The molecule has 1 fully saturated rings. The number of nitrogens with zero attached hydrogens (tertiary/aromatic N) is 4. The van der Waals surface area contributed by atoms with Crippen LogP contribution in [0.2, 0.25) is 0 Å². The molecule has 160 valence electrons. The summed E-state index contributed by atoms with van der Waals surface area (Å²) in [7, 11) is 3.54. The van der Waals surface area contributed by atoms with Gasteiger partial charge >= 0.3 is 5.97 Å². The predicted octanol–water partition coefficient (Wildman–Crippen LogP) is 1.34. The van der Waals surface area contributed by atoms with Gasteiger partial charge in [-0.3, -0.25) is 14.4 Å². The minimum absolute atomic E-state index is 0.0160. The van der Waals surface area contributed by atoms with E-state index in [9.17, 15) is 14.7 Å². The van der Waals surface area contributed by atoms with Gasteiger partial charge in [0.25, 0.3) is 0 Å². The number of Topliss-reactive ketones (excluding diaryl/α,β-unsaturated/α-hetero) is 1. The van der Waals surface area contributed by atoms with E-state index in [-0.39, 0.29) is 23.9 Å². The largest absolute Gasteiger partial charge is 0.480 e. The minimum atomic E-state index is -1.47. The second-order valence-electron chi connectivity index (χ2n) is 6.86. The smallest absolute Gasteiger partial charge is 0.318 e. The van der Waals surface area contributed by atoms with Crippen LogP contribution < -0.4 is 5.32 Å². The Bertz CT molecular complexity index is 904. The molecule has 0 bridgehead atoms. The second-order valence-corrected chi connectivity index (χ2v) is 7.84. The molecule has 0 aliphatic carbocycles. The fourth-order valence-corrected chi connectivity index (χ4v) is 3.63. The molecule has 1 aromatic rings. The van der Waals surface area contributed by atoms with E-state index in [1.54, 1.807) is 35.6 Å². The van der Waals surface area contributed by atoms with Gasteiger partial charge in [0.15, 0.2) is 11.6 Å². The number of ketones is 1. The zero-order chi connectivity index (χ0) is 21.7. The Labute approximate surface area is 176 Å². The Morgan fingerprint density at radius 1 is 1.47 bits per heavy atom. The molecule has 1 unspecified atom stereocenters. The second kappa shape index (κ2) is 9.74. The summed E-state index contributed by atoms with van der Waals surface area (Å²) in [6.07, 6.45) is 6.22. The van der Waals surface area contributed by atoms with Crippen molar-refractivity contribution >= 4 is 29.4 Å². The van der Waals surface area contributed by atoms with Crippen LogP contribution in [0.5, 0.6) is 0 Å². The first kappa shape index (κ1) is 21.8. The number of hydroxylamine groups is 2. The van der Waals surface area contributed by atoms with Crippen LogP contribution in [0.3, 0.4) is 0 Å². The third-order valence-corrected chi connectivity index (χ3v) is 5.16. The molecule has 30 heavy (non-hydrogen) atoms. The van der Waals surface area contributed by atoms with Gasteiger partial charge in [-0.25, -0.2) is 14.4 Å². The van der Waals surface area contributed by atoms with Gasteiger partial charge < -0.3 is 15.3 Å². The van der Waals surface area contributed by atoms with Crippen LogP contribution in [-0.2, 0) is 20.8 Å². The van der Waals surface area contributed by atoms with Gasteiger partial charge in [-0.05, 0) is 12.2 Å². The van der Waals surface area contributed by atoms with Crippen molar-refractivity contribution in [3.63, 3.8) is 0 Å². The first-order chi connectivity index (χ1) is 14.3. The fourth-order valence-electron chi connectivity index (χ4n) is 2.99. The lowest BCUT2D eigenvalue weighted by molar-refractivity contribution is -0.200. The average molecular weight is 435 g/mol. The van der Waals surface area contributed by atoms with E-state index < -0.39 is 23.5 Å². The molecule has 3 rings (SSSR count). The van der Waals surface area contributed by atoms with Gasteiger partial charge in [-0.1, -0.05) is 0 Å². The number of carbonyl (C=O) groups excluding carboxylic acids is 1. The van der Waals surface area contributed by atoms with Gasteiger partial charge in [0.2, 0.25) is 0 Å². The molecular formula is C19H22FN5O4S. The topological polar surface area (TPSA) is 107 Å². The van der Waals surface area contributed by atoms with Crippen molar-refractivity contribution in [3.05, 3.63) is 52.2 Å². The third-order valence-electron chi connectivity index (χ3n) is 4.38. The van der Waals surface area contributed by atoms with Crippen molar-refractivity contribution in [2.75, 3.05) is 27.2 Å². The highest BCUT2D eigenvalue weighted by atomic mass is 32.1. The lowest BCUT2D eigenvalue weighted by Crippen LogP contribution is -2.55. The van der Waals surface area contributed by atoms with Crippen LogP contribution in [0, 0.1) is 5.92 Å². The standard InChI is InChI=1S/C19H22FN5O4S/c1-24(2)29-13-9-25(10-13)18-15(20)7-12(8-16-22-5-6-30-16)17(26)14(19(27)28)3-4-21-11-23-18/h3-7,11,13-14H,8-10H2,1-2H3,(H,21,23)(H,27,28)/b4-3+,12-7+,18-15?. The van der Waals surface area contributed by atoms with Crippen molar-refractivity contribution in [2.45, 2.75) is 12.5 Å². The normalized spacial score (nSPS) is 23.5. The van der Waals surface area contributed by atoms with Crippen LogP contribution in [0.4, 0.5) is 4.39 Å². The number of aliphatic imine (C=N–C) groups is 1. The number of carbonyl (C=O) groups is 2. The van der Waals surface area contributed by atoms with E-state index in [4.69, 9.17) is 4.84 Å². The van der Waals surface area contributed by atoms with Gasteiger partial charge in [-0.15, -0.1) is 11.3 Å². The molecule has 0 aromatic carbocycles. The van der Waals surface area contributed by atoms with Crippen LogP contribution in [0.15, 0.2) is 52.1 Å². The van der Waals surface area contributed by atoms with Crippen molar-refractivity contribution in [2.24, 2.45) is 10.9 Å². The van der Waals surface area contributed by atoms with E-state index in [0.717, 1.165) is 6.08 Å². The molecule has 1 aromatic heterocycles. The highest BCUT2D eigenvalue weighted by Crippen LogP contribution is 2.24. The van der Waals surface area contributed by atoms with Crippen molar-refractivity contribution in [1.29, 1.82) is 0 Å². The highest BCUT2D eigenvalue weighted by molar-refractivity contribution is 7.09. The van der Waals surface area contributed by atoms with Crippen LogP contribution >= 0.6 is 11.3 Å². The Morgan fingerprint density at radius 2 is 2.23 bits per heavy atom. The number of thiazole rings is 1. The number of aromatic nitrogens is 1. The van der Waals surface area contributed by atoms with E-state index in [1.165, 1.54) is 30.0 Å². The molecule has 0 radical (unpaired) electrons. The Balaban J connectivity index is 1.94. The molecule has 2 N–H and O–H groups in total. The molecule has 9 nitrogen and oxygen atoms in total. The number of halogens is 1. The molecule has 0 amide bonds. The van der Waals surface area contributed by atoms with E-state index in [2.05, 4.69) is 15.3 Å². The first-order valence-corrected chi connectivity index (χ1v) is 10.0. The zero-order valence-corrected chi connectivity index (χ0v) is 17.3. The number of allylic oxidation sites excluding steroid dienone is 3. The molecule has 0 saturated carbocycles. The van der Waals surface area contributed by atoms with Crippen molar-refractivity contribution in [3.8, 4) is 0 Å². The minimum Gasteiger partial charge on any atom is -0.480 e. The maximum absolute atomic E-state index is 15.2. The number of nitrogens with one attached hydrogen (secondary N) is 1. The van der Waals surface area contributed by atoms with Gasteiger partial charge in [0.05, 0.1) is 11.3 Å². The van der Waals surface area contributed by atoms with Crippen LogP contribution in [-0.4, -0.2) is 71.4 Å². The molecular weight excluding hydrogens is 413 g/mol. The number of likely N-dealkylation sites (tertiary alicyclic amines) is 1. The summed E-state index contributed by atoms with van der Waals surface area (Å²) < 4.78 is 15.2. The van der Waals surface area contributed by atoms with E-state index in [1.807, 2.05) is 0 Å². The molecule has 3 heterocycles. The van der Waals surface area contributed by atoms with E-state index >= 15 is 4.39 Å². The van der Waals surface area contributed by atoms with E-state index in [0.29, 0.717) is 18.1 Å². The molecule has 2 aliphatic rings. The predicted molar refractivity (Wildman–Crippen MR) is 109 cm³/mol. The zero-order valence-electron chi connectivity index (χ0n) is 16.5. The average Bonchev–Trinajstić information content (AvgIpc) is 3.15. The SMILES string of the molecule is CN(C)OC1CN(C2=C(F)/C=C(\Cc3nccs3)C(=O)C(C(=O)O)/C=C/N=CN2)C1. The van der Waals surface area contributed by atoms with Gasteiger partial charge in [0.1, 0.15) is 17.8 Å². The summed E-state index contributed by atoms with van der Waals surface area (Å²) in [5.41, 5.74) is 0.0160. The molecule has 2 aliphatic heterocycles. The lowest BCUT2D eigenvalue weighted by Gasteiger charge is -2.42. The number of hydrogen-bond donors (Lipinski definition) is 2. The summed E-state index contributed by atoms with van der Waals surface area (Å²) in [5.74, 6) is -4.08. The van der Waals surface area contributed by atoms with Crippen molar-refractivity contribution < 1.29 is 23.9 Å². The molecule has 1 atom stereocenters. The maximum atomic E-state index is 15.2. The first-order valence-electron chi connectivity index (χ1n) is 9.14. The Kier molecular flexibility index (Phi) is 7.08. The third kappa shape index (κ3) is 5.38.